The largest absolute Gasteiger partial charge is 0.433 e. The summed E-state index contributed by atoms with van der Waals surface area (Å²) in [6.07, 6.45) is -2.72. The summed E-state index contributed by atoms with van der Waals surface area (Å²) in [5.74, 6) is 0. The van der Waals surface area contributed by atoms with Gasteiger partial charge >= 0.3 is 6.18 Å². The van der Waals surface area contributed by atoms with Crippen molar-refractivity contribution in [3.8, 4) is 0 Å². The Bertz CT molecular complexity index is 291. The lowest BCUT2D eigenvalue weighted by molar-refractivity contribution is -0.141. The van der Waals surface area contributed by atoms with Crippen LogP contribution in [0.5, 0.6) is 0 Å². The van der Waals surface area contributed by atoms with Gasteiger partial charge in [-0.05, 0) is 17.0 Å². The fourth-order valence-electron chi connectivity index (χ4n) is 0.809. The van der Waals surface area contributed by atoms with Gasteiger partial charge in [0.1, 0.15) is 5.69 Å². The number of aromatic nitrogens is 1. The number of hydrogen-bond acceptors (Lipinski definition) is 2. The molecule has 1 aromatic heterocycles. The van der Waals surface area contributed by atoms with Crippen LogP contribution in [0.1, 0.15) is 11.3 Å². The minimum Gasteiger partial charge on any atom is -0.251 e. The Morgan fingerprint density at radius 2 is 2.08 bits per heavy atom. The predicted molar refractivity (Wildman–Crippen MR) is 46.6 cm³/mol. The van der Waals surface area contributed by atoms with Gasteiger partial charge in [-0.25, -0.2) is 0 Å². The third-order valence-corrected chi connectivity index (χ3v) is 1.60. The van der Waals surface area contributed by atoms with Crippen molar-refractivity contribution in [2.45, 2.75) is 12.6 Å². The average Bonchev–Trinajstić information content (AvgIpc) is 2.04. The van der Waals surface area contributed by atoms with Gasteiger partial charge < -0.3 is 0 Å². The van der Waals surface area contributed by atoms with E-state index < -0.39 is 11.9 Å². The van der Waals surface area contributed by atoms with Crippen molar-refractivity contribution < 1.29 is 13.2 Å². The highest BCUT2D eigenvalue weighted by atomic mass is 32.1. The quantitative estimate of drug-likeness (QED) is 0.688. The van der Waals surface area contributed by atoms with Crippen LogP contribution in [0.15, 0.2) is 18.3 Å². The molecule has 0 N–H and O–H groups in total. The average molecular weight is 205 g/mol. The van der Waals surface area contributed by atoms with E-state index in [-0.39, 0.29) is 0 Å². The molecule has 0 fully saturated rings. The maximum Gasteiger partial charge on any atom is 0.433 e. The molecule has 1 aromatic rings. The van der Waals surface area contributed by atoms with E-state index in [1.54, 1.807) is 0 Å². The standard InChI is InChI=1S/C8H6F3NS/c9-8(10,11)7-2-1-6(3-4-13)5-12-7/h1-2,4-5H,3H2. The number of thiocarbonyl (C=S) groups is 1. The highest BCUT2D eigenvalue weighted by molar-refractivity contribution is 7.78. The molecule has 0 radical (unpaired) electrons. The third kappa shape index (κ3) is 2.77. The molecule has 0 amide bonds. The van der Waals surface area contributed by atoms with E-state index >= 15 is 0 Å². The van der Waals surface area contributed by atoms with Crippen molar-refractivity contribution in [1.82, 2.24) is 4.98 Å². The summed E-state index contributed by atoms with van der Waals surface area (Å²) >= 11 is 4.57. The number of rotatable bonds is 2. The Balaban J connectivity index is 2.87. The first-order chi connectivity index (χ1) is 6.04. The molecule has 0 bridgehead atoms. The molecular formula is C8H6F3NS. The second-order valence-electron chi connectivity index (χ2n) is 2.42. The lowest BCUT2D eigenvalue weighted by Gasteiger charge is -2.04. The topological polar surface area (TPSA) is 12.9 Å². The van der Waals surface area contributed by atoms with Crippen LogP contribution in [-0.4, -0.2) is 10.4 Å². The summed E-state index contributed by atoms with van der Waals surface area (Å²) in [5, 5.41) is 1.45. The maximum atomic E-state index is 12.0. The van der Waals surface area contributed by atoms with Crippen LogP contribution in [-0.2, 0) is 12.6 Å². The molecule has 0 saturated carbocycles. The zero-order valence-electron chi connectivity index (χ0n) is 6.51. The van der Waals surface area contributed by atoms with Crippen LogP contribution >= 0.6 is 12.2 Å². The molecule has 70 valence electrons. The van der Waals surface area contributed by atoms with Gasteiger partial charge in [-0.1, -0.05) is 18.3 Å². The summed E-state index contributed by atoms with van der Waals surface area (Å²) in [6, 6.07) is 2.33. The number of halogens is 3. The molecule has 0 aliphatic heterocycles. The van der Waals surface area contributed by atoms with E-state index in [0.717, 1.165) is 6.07 Å². The molecule has 0 saturated heterocycles. The summed E-state index contributed by atoms with van der Waals surface area (Å²) in [5.41, 5.74) is -0.191. The molecule has 0 atom stereocenters. The Morgan fingerprint density at radius 3 is 2.46 bits per heavy atom. The zero-order valence-corrected chi connectivity index (χ0v) is 7.32. The molecule has 0 unspecified atom stereocenters. The minimum absolute atomic E-state index is 0.459. The SMILES string of the molecule is FC(F)(F)c1ccc(CC=S)cn1. The molecule has 0 aliphatic carbocycles. The fourth-order valence-corrected chi connectivity index (χ4v) is 1.00. The Hall–Kier alpha value is -0.970. The molecule has 0 aliphatic rings. The molecule has 0 aromatic carbocycles. The van der Waals surface area contributed by atoms with Crippen LogP contribution in [0.3, 0.4) is 0 Å². The van der Waals surface area contributed by atoms with Gasteiger partial charge in [0.25, 0.3) is 0 Å². The lowest BCUT2D eigenvalue weighted by Crippen LogP contribution is -2.07. The molecule has 1 nitrogen and oxygen atoms in total. The van der Waals surface area contributed by atoms with Gasteiger partial charge in [0, 0.05) is 12.6 Å². The highest BCUT2D eigenvalue weighted by Gasteiger charge is 2.31. The van der Waals surface area contributed by atoms with Crippen molar-refractivity contribution in [2.75, 3.05) is 0 Å². The van der Waals surface area contributed by atoms with E-state index in [9.17, 15) is 13.2 Å². The van der Waals surface area contributed by atoms with E-state index in [0.29, 0.717) is 12.0 Å². The molecule has 1 heterocycles. The Morgan fingerprint density at radius 1 is 1.38 bits per heavy atom. The second kappa shape index (κ2) is 3.83. The smallest absolute Gasteiger partial charge is 0.251 e. The van der Waals surface area contributed by atoms with Crippen LogP contribution in [0.25, 0.3) is 0 Å². The third-order valence-electron chi connectivity index (χ3n) is 1.43. The predicted octanol–water partition coefficient (Wildman–Crippen LogP) is 2.64. The molecule has 5 heteroatoms. The lowest BCUT2D eigenvalue weighted by atomic mass is 10.2. The highest BCUT2D eigenvalue weighted by Crippen LogP contribution is 2.27. The zero-order chi connectivity index (χ0) is 9.90. The van der Waals surface area contributed by atoms with Crippen molar-refractivity contribution in [2.24, 2.45) is 0 Å². The first kappa shape index (κ1) is 10.1. The minimum atomic E-state index is -4.36. The van der Waals surface area contributed by atoms with Gasteiger partial charge in [0.2, 0.25) is 0 Å². The maximum absolute atomic E-state index is 12.0. The molecule has 0 spiro atoms. The Kier molecular flexibility index (Phi) is 2.98. The van der Waals surface area contributed by atoms with Crippen molar-refractivity contribution >= 4 is 17.6 Å². The number of pyridine rings is 1. The summed E-state index contributed by atoms with van der Waals surface area (Å²) in [4.78, 5) is 3.28. The van der Waals surface area contributed by atoms with Crippen molar-refractivity contribution in [3.63, 3.8) is 0 Å². The number of nitrogens with zero attached hydrogens (tertiary/aromatic N) is 1. The first-order valence-electron chi connectivity index (χ1n) is 3.50. The van der Waals surface area contributed by atoms with Gasteiger partial charge in [-0.15, -0.1) is 0 Å². The van der Waals surface area contributed by atoms with Crippen LogP contribution in [0, 0.1) is 0 Å². The van der Waals surface area contributed by atoms with Gasteiger partial charge in [0.15, 0.2) is 0 Å². The van der Waals surface area contributed by atoms with Crippen LogP contribution in [0.2, 0.25) is 0 Å². The van der Waals surface area contributed by atoms with E-state index in [1.165, 1.54) is 17.6 Å². The van der Waals surface area contributed by atoms with Crippen LogP contribution < -0.4 is 0 Å². The normalized spacial score (nSPS) is 11.3. The van der Waals surface area contributed by atoms with Crippen molar-refractivity contribution in [1.29, 1.82) is 0 Å². The molecule has 13 heavy (non-hydrogen) atoms. The summed E-state index contributed by atoms with van der Waals surface area (Å²) in [7, 11) is 0. The number of hydrogen-bond donors (Lipinski definition) is 0. The number of alkyl halides is 3. The van der Waals surface area contributed by atoms with Gasteiger partial charge in [-0.3, -0.25) is 4.98 Å². The van der Waals surface area contributed by atoms with E-state index in [4.69, 9.17) is 0 Å². The molecular weight excluding hydrogens is 199 g/mol. The van der Waals surface area contributed by atoms with Gasteiger partial charge in [0.05, 0.1) is 0 Å². The second-order valence-corrected chi connectivity index (χ2v) is 2.75. The van der Waals surface area contributed by atoms with Crippen LogP contribution in [0.4, 0.5) is 13.2 Å². The summed E-state index contributed by atoms with van der Waals surface area (Å²) in [6.45, 7) is 0. The fraction of sp³-hybridized carbons (Fsp3) is 0.250. The Labute approximate surface area is 78.6 Å². The van der Waals surface area contributed by atoms with E-state index in [1.807, 2.05) is 0 Å². The van der Waals surface area contributed by atoms with Crippen molar-refractivity contribution in [3.05, 3.63) is 29.6 Å². The monoisotopic (exact) mass is 205 g/mol. The first-order valence-corrected chi connectivity index (χ1v) is 3.97. The molecule has 1 rings (SSSR count). The summed E-state index contributed by atoms with van der Waals surface area (Å²) < 4.78 is 36.0. The van der Waals surface area contributed by atoms with E-state index in [2.05, 4.69) is 17.2 Å². The van der Waals surface area contributed by atoms with Gasteiger partial charge in [-0.2, -0.15) is 13.2 Å².